The highest BCUT2D eigenvalue weighted by Gasteiger charge is 2.50. The molecule has 164 valence electrons. The fraction of sp³-hybridized carbons (Fsp3) is 1.00. The summed E-state index contributed by atoms with van der Waals surface area (Å²) in [5.74, 6) is 0. The van der Waals surface area contributed by atoms with Crippen LogP contribution in [-0.2, 0) is 10.1 Å². The Morgan fingerprint density at radius 1 is 0.667 bits per heavy atom. The van der Waals surface area contributed by atoms with Crippen LogP contribution >= 0.6 is 0 Å². The fourth-order valence-electron chi connectivity index (χ4n) is 3.98. The summed E-state index contributed by atoms with van der Waals surface area (Å²) in [6.45, 7) is 7.90. The van der Waals surface area contributed by atoms with E-state index in [4.69, 9.17) is 5.73 Å². The Kier molecular flexibility index (Phi) is 13.9. The molecule has 0 aromatic carbocycles. The minimum absolute atomic E-state index is 0.289. The molecule has 0 saturated carbocycles. The first-order valence-corrected chi connectivity index (χ1v) is 12.8. The lowest BCUT2D eigenvalue weighted by molar-refractivity contribution is 0.190. The van der Waals surface area contributed by atoms with Crippen molar-refractivity contribution in [2.75, 3.05) is 0 Å². The number of rotatable bonds is 18. The molecular formula is C22H47NO3S. The maximum Gasteiger partial charge on any atom is 0.284 e. The smallest absolute Gasteiger partial charge is 0.284 e. The Morgan fingerprint density at radius 2 is 1.04 bits per heavy atom. The van der Waals surface area contributed by atoms with E-state index in [2.05, 4.69) is 6.92 Å². The highest BCUT2D eigenvalue weighted by atomic mass is 32.2. The van der Waals surface area contributed by atoms with E-state index in [9.17, 15) is 13.0 Å². The van der Waals surface area contributed by atoms with Crippen molar-refractivity contribution >= 4 is 10.1 Å². The van der Waals surface area contributed by atoms with Crippen LogP contribution in [0.25, 0.3) is 0 Å². The number of nitrogens with two attached hydrogens (primary N) is 1. The highest BCUT2D eigenvalue weighted by Crippen LogP contribution is 2.40. The van der Waals surface area contributed by atoms with Gasteiger partial charge in [-0.1, -0.05) is 118 Å². The van der Waals surface area contributed by atoms with Crippen LogP contribution in [0.4, 0.5) is 0 Å². The van der Waals surface area contributed by atoms with Gasteiger partial charge in [0.15, 0.2) is 0 Å². The molecule has 0 aliphatic heterocycles. The van der Waals surface area contributed by atoms with E-state index in [1.54, 1.807) is 0 Å². The van der Waals surface area contributed by atoms with Gasteiger partial charge < -0.3 is 5.73 Å². The minimum atomic E-state index is -4.27. The summed E-state index contributed by atoms with van der Waals surface area (Å²) in [5.41, 5.74) is 5.54. The number of unbranched alkanes of at least 4 members (excludes halogenated alkanes) is 12. The third-order valence-electron chi connectivity index (χ3n) is 6.13. The predicted molar refractivity (Wildman–Crippen MR) is 117 cm³/mol. The summed E-state index contributed by atoms with van der Waals surface area (Å²) in [7, 11) is -4.27. The van der Waals surface area contributed by atoms with Crippen molar-refractivity contribution in [1.29, 1.82) is 0 Å². The Hall–Kier alpha value is -0.130. The Labute approximate surface area is 169 Å². The second-order valence-electron chi connectivity index (χ2n) is 8.99. The number of hydrogen-bond acceptors (Lipinski definition) is 3. The summed E-state index contributed by atoms with van der Waals surface area (Å²) in [5, 5.41) is 0. The zero-order valence-corrected chi connectivity index (χ0v) is 19.4. The van der Waals surface area contributed by atoms with Crippen LogP contribution in [-0.4, -0.2) is 17.8 Å². The van der Waals surface area contributed by atoms with E-state index < -0.39 is 20.4 Å². The minimum Gasteiger partial charge on any atom is -0.310 e. The average molecular weight is 406 g/mol. The molecule has 0 heterocycles. The van der Waals surface area contributed by atoms with Gasteiger partial charge in [0, 0.05) is 0 Å². The van der Waals surface area contributed by atoms with Gasteiger partial charge in [0.25, 0.3) is 10.1 Å². The normalized spacial score (nSPS) is 15.0. The molecule has 0 saturated heterocycles. The van der Waals surface area contributed by atoms with Gasteiger partial charge >= 0.3 is 0 Å². The van der Waals surface area contributed by atoms with Crippen molar-refractivity contribution in [2.24, 2.45) is 11.1 Å². The summed E-state index contributed by atoms with van der Waals surface area (Å²) in [4.78, 5) is -1.55. The zero-order valence-electron chi connectivity index (χ0n) is 18.6. The van der Waals surface area contributed by atoms with Gasteiger partial charge in [-0.3, -0.25) is 4.55 Å². The van der Waals surface area contributed by atoms with Gasteiger partial charge in [0.2, 0.25) is 0 Å². The topological polar surface area (TPSA) is 80.4 Å². The molecule has 0 spiro atoms. The Bertz CT molecular complexity index is 462. The molecule has 0 rings (SSSR count). The van der Waals surface area contributed by atoms with Crippen molar-refractivity contribution in [2.45, 2.75) is 135 Å². The van der Waals surface area contributed by atoms with Crippen LogP contribution in [0.5, 0.6) is 0 Å². The maximum atomic E-state index is 11.9. The molecule has 27 heavy (non-hydrogen) atoms. The third kappa shape index (κ3) is 10.3. The molecule has 4 nitrogen and oxygen atoms in total. The van der Waals surface area contributed by atoms with Gasteiger partial charge in [-0.05, 0) is 18.3 Å². The van der Waals surface area contributed by atoms with Crippen molar-refractivity contribution in [3.8, 4) is 0 Å². The third-order valence-corrected chi connectivity index (χ3v) is 7.81. The molecule has 3 N–H and O–H groups in total. The Balaban J connectivity index is 3.88. The van der Waals surface area contributed by atoms with Crippen LogP contribution in [0.2, 0.25) is 0 Å². The second-order valence-corrected chi connectivity index (χ2v) is 10.7. The SMILES string of the molecule is CCCCCCCCCCCCCCCC(C)(C)C(N)(CCC)S(=O)(=O)O. The molecule has 0 aromatic rings. The molecule has 0 aliphatic rings. The predicted octanol–water partition coefficient (Wildman–Crippen LogP) is 6.84. The molecule has 1 unspecified atom stereocenters. The molecule has 1 atom stereocenters. The van der Waals surface area contributed by atoms with E-state index in [1.807, 2.05) is 20.8 Å². The molecular weight excluding hydrogens is 358 g/mol. The van der Waals surface area contributed by atoms with Crippen LogP contribution in [0, 0.1) is 5.41 Å². The van der Waals surface area contributed by atoms with E-state index in [1.165, 1.54) is 70.6 Å². The quantitative estimate of drug-likeness (QED) is 0.193. The summed E-state index contributed by atoms with van der Waals surface area (Å²) >= 11 is 0. The summed E-state index contributed by atoms with van der Waals surface area (Å²) in [6.07, 6.45) is 18.4. The first kappa shape index (κ1) is 26.9. The maximum absolute atomic E-state index is 11.9. The molecule has 0 aromatic heterocycles. The van der Waals surface area contributed by atoms with Crippen LogP contribution in [0.3, 0.4) is 0 Å². The molecule has 0 amide bonds. The van der Waals surface area contributed by atoms with E-state index >= 15 is 0 Å². The van der Waals surface area contributed by atoms with Crippen LogP contribution in [0.15, 0.2) is 0 Å². The summed E-state index contributed by atoms with van der Waals surface area (Å²) < 4.78 is 33.4. The molecule has 0 bridgehead atoms. The standard InChI is InChI=1S/C22H47NO3S/c1-5-7-8-9-10-11-12-13-14-15-16-17-18-20-21(3,4)22(23,19-6-2)27(24,25)26/h5-20,23H2,1-4H3,(H,24,25,26). The van der Waals surface area contributed by atoms with Gasteiger partial charge in [0.1, 0.15) is 4.87 Å². The lowest BCUT2D eigenvalue weighted by Gasteiger charge is -2.41. The molecule has 5 heteroatoms. The van der Waals surface area contributed by atoms with Crippen molar-refractivity contribution in [3.05, 3.63) is 0 Å². The van der Waals surface area contributed by atoms with E-state index in [0.717, 1.165) is 19.3 Å². The lowest BCUT2D eigenvalue weighted by Crippen LogP contribution is -2.58. The number of hydrogen-bond donors (Lipinski definition) is 2. The highest BCUT2D eigenvalue weighted by molar-refractivity contribution is 7.87. The first-order valence-electron chi connectivity index (χ1n) is 11.4. The van der Waals surface area contributed by atoms with Gasteiger partial charge in [-0.25, -0.2) is 0 Å². The van der Waals surface area contributed by atoms with Crippen molar-refractivity contribution in [3.63, 3.8) is 0 Å². The van der Waals surface area contributed by atoms with Crippen LogP contribution < -0.4 is 5.73 Å². The van der Waals surface area contributed by atoms with Crippen LogP contribution in [0.1, 0.15) is 130 Å². The second kappa shape index (κ2) is 13.9. The van der Waals surface area contributed by atoms with Crippen molar-refractivity contribution < 1.29 is 13.0 Å². The van der Waals surface area contributed by atoms with Gasteiger partial charge in [-0.15, -0.1) is 0 Å². The molecule has 0 aliphatic carbocycles. The fourth-order valence-corrected chi connectivity index (χ4v) is 5.25. The monoisotopic (exact) mass is 405 g/mol. The largest absolute Gasteiger partial charge is 0.310 e. The van der Waals surface area contributed by atoms with Gasteiger partial charge in [0.05, 0.1) is 0 Å². The van der Waals surface area contributed by atoms with E-state index in [0.29, 0.717) is 6.42 Å². The molecule has 0 radical (unpaired) electrons. The van der Waals surface area contributed by atoms with Crippen molar-refractivity contribution in [1.82, 2.24) is 0 Å². The first-order chi connectivity index (χ1) is 12.6. The molecule has 0 fully saturated rings. The summed E-state index contributed by atoms with van der Waals surface area (Å²) in [6, 6.07) is 0. The average Bonchev–Trinajstić information content (AvgIpc) is 2.58. The Morgan fingerprint density at radius 3 is 1.37 bits per heavy atom. The lowest BCUT2D eigenvalue weighted by atomic mass is 9.77. The van der Waals surface area contributed by atoms with Gasteiger partial charge in [-0.2, -0.15) is 8.42 Å². The van der Waals surface area contributed by atoms with E-state index in [-0.39, 0.29) is 6.42 Å². The zero-order chi connectivity index (χ0) is 20.8.